The number of carbonyl (C=O) groups excluding carboxylic acids is 1. The van der Waals surface area contributed by atoms with Crippen LogP contribution in [0.5, 0.6) is 0 Å². The van der Waals surface area contributed by atoms with E-state index in [1.807, 2.05) is 0 Å². The van der Waals surface area contributed by atoms with Gasteiger partial charge in [0.15, 0.2) is 0 Å². The average Bonchev–Trinajstić information content (AvgIpc) is 3.09. The molecule has 1 unspecified atom stereocenters. The number of esters is 1. The molecule has 6 nitrogen and oxygen atoms in total. The molecule has 0 aliphatic carbocycles. The van der Waals surface area contributed by atoms with Gasteiger partial charge in [-0.3, -0.25) is 4.79 Å². The average molecular weight is 497 g/mol. The van der Waals surface area contributed by atoms with E-state index in [-0.39, 0.29) is 6.42 Å². The van der Waals surface area contributed by atoms with Gasteiger partial charge in [-0.05, 0) is 44.9 Å². The Morgan fingerprint density at radius 3 is 2.03 bits per heavy atom. The Bertz CT molecular complexity index is 590. The molecule has 1 heterocycles. The summed E-state index contributed by atoms with van der Waals surface area (Å²) in [6.45, 7) is 3.90. The molecule has 6 heteroatoms. The SMILES string of the molecule is CCCCCC=CCC=CCCCCCCCC(=O)OC1(CCCCCC)O[C@H](CO)[C@H](O)[C@H]1O. The number of carbonyl (C=O) groups is 1. The number of aliphatic hydroxyl groups excluding tert-OH is 3. The molecular formula is C29H52O6. The van der Waals surface area contributed by atoms with Gasteiger partial charge in [0.1, 0.15) is 18.3 Å². The van der Waals surface area contributed by atoms with Crippen LogP contribution in [0.2, 0.25) is 0 Å². The zero-order chi connectivity index (χ0) is 25.8. The molecule has 1 aliphatic rings. The van der Waals surface area contributed by atoms with Crippen LogP contribution >= 0.6 is 0 Å². The Morgan fingerprint density at radius 2 is 1.40 bits per heavy atom. The number of allylic oxidation sites excluding steroid dienone is 4. The van der Waals surface area contributed by atoms with Gasteiger partial charge in [-0.1, -0.05) is 89.5 Å². The minimum Gasteiger partial charge on any atom is -0.430 e. The van der Waals surface area contributed by atoms with Crippen LogP contribution in [-0.4, -0.2) is 52.0 Å². The number of aliphatic hydroxyl groups is 3. The Labute approximate surface area is 213 Å². The van der Waals surface area contributed by atoms with E-state index >= 15 is 0 Å². The number of hydrogen-bond donors (Lipinski definition) is 3. The van der Waals surface area contributed by atoms with Crippen LogP contribution < -0.4 is 0 Å². The zero-order valence-electron chi connectivity index (χ0n) is 22.3. The molecule has 4 atom stereocenters. The van der Waals surface area contributed by atoms with Crippen LogP contribution in [0.4, 0.5) is 0 Å². The van der Waals surface area contributed by atoms with Gasteiger partial charge in [-0.15, -0.1) is 0 Å². The lowest BCUT2D eigenvalue weighted by Crippen LogP contribution is -2.47. The van der Waals surface area contributed by atoms with Gasteiger partial charge in [-0.2, -0.15) is 0 Å². The first-order valence-electron chi connectivity index (χ1n) is 14.2. The molecule has 1 saturated heterocycles. The second-order valence-corrected chi connectivity index (χ2v) is 9.85. The van der Waals surface area contributed by atoms with E-state index in [1.54, 1.807) is 0 Å². The van der Waals surface area contributed by atoms with Crippen molar-refractivity contribution in [3.05, 3.63) is 24.3 Å². The monoisotopic (exact) mass is 496 g/mol. The van der Waals surface area contributed by atoms with Crippen molar-refractivity contribution < 1.29 is 29.6 Å². The minimum atomic E-state index is -1.56. The molecule has 0 aromatic rings. The van der Waals surface area contributed by atoms with Crippen LogP contribution in [0.3, 0.4) is 0 Å². The summed E-state index contributed by atoms with van der Waals surface area (Å²) in [4.78, 5) is 12.5. The van der Waals surface area contributed by atoms with Crippen LogP contribution in [-0.2, 0) is 14.3 Å². The van der Waals surface area contributed by atoms with Crippen molar-refractivity contribution in [2.75, 3.05) is 6.61 Å². The molecule has 0 bridgehead atoms. The third-order valence-electron chi connectivity index (χ3n) is 6.68. The summed E-state index contributed by atoms with van der Waals surface area (Å²) >= 11 is 0. The number of unbranched alkanes of at least 4 members (excludes halogenated alkanes) is 11. The summed E-state index contributed by atoms with van der Waals surface area (Å²) < 4.78 is 11.3. The smallest absolute Gasteiger partial charge is 0.308 e. The lowest BCUT2D eigenvalue weighted by molar-refractivity contribution is -0.254. The van der Waals surface area contributed by atoms with E-state index in [9.17, 15) is 20.1 Å². The fourth-order valence-corrected chi connectivity index (χ4v) is 4.47. The summed E-state index contributed by atoms with van der Waals surface area (Å²) in [6, 6.07) is 0. The second kappa shape index (κ2) is 19.9. The van der Waals surface area contributed by atoms with Crippen LogP contribution in [0.15, 0.2) is 24.3 Å². The summed E-state index contributed by atoms with van der Waals surface area (Å²) in [6.07, 6.45) is 22.0. The van der Waals surface area contributed by atoms with Gasteiger partial charge in [0.05, 0.1) is 6.61 Å². The zero-order valence-corrected chi connectivity index (χ0v) is 22.3. The van der Waals surface area contributed by atoms with Crippen LogP contribution in [0, 0.1) is 0 Å². The molecule has 1 fully saturated rings. The summed E-state index contributed by atoms with van der Waals surface area (Å²) in [5.74, 6) is -1.98. The molecule has 0 saturated carbocycles. The fourth-order valence-electron chi connectivity index (χ4n) is 4.47. The predicted molar refractivity (Wildman–Crippen MR) is 141 cm³/mol. The van der Waals surface area contributed by atoms with Gasteiger partial charge in [0.25, 0.3) is 0 Å². The van der Waals surface area contributed by atoms with Crippen molar-refractivity contribution in [3.63, 3.8) is 0 Å². The van der Waals surface area contributed by atoms with Gasteiger partial charge in [-0.25, -0.2) is 0 Å². The van der Waals surface area contributed by atoms with Crippen molar-refractivity contribution in [3.8, 4) is 0 Å². The maximum Gasteiger partial charge on any atom is 0.308 e. The highest BCUT2D eigenvalue weighted by molar-refractivity contribution is 5.69. The van der Waals surface area contributed by atoms with Crippen molar-refractivity contribution in [1.82, 2.24) is 0 Å². The van der Waals surface area contributed by atoms with E-state index in [4.69, 9.17) is 9.47 Å². The molecule has 0 amide bonds. The molecular weight excluding hydrogens is 444 g/mol. The van der Waals surface area contributed by atoms with E-state index in [0.29, 0.717) is 12.8 Å². The first-order valence-corrected chi connectivity index (χ1v) is 14.2. The number of rotatable bonds is 21. The quantitative estimate of drug-likeness (QED) is 0.101. The molecule has 204 valence electrons. The molecule has 0 spiro atoms. The lowest BCUT2D eigenvalue weighted by Gasteiger charge is -2.31. The highest BCUT2D eigenvalue weighted by atomic mass is 16.7. The Kier molecular flexibility index (Phi) is 18.1. The second-order valence-electron chi connectivity index (χ2n) is 9.85. The van der Waals surface area contributed by atoms with E-state index in [0.717, 1.165) is 64.2 Å². The molecule has 3 N–H and O–H groups in total. The normalized spacial score (nSPS) is 24.7. The lowest BCUT2D eigenvalue weighted by atomic mass is 9.98. The molecule has 1 rings (SSSR count). The van der Waals surface area contributed by atoms with Crippen molar-refractivity contribution >= 4 is 5.97 Å². The third kappa shape index (κ3) is 13.1. The van der Waals surface area contributed by atoms with Gasteiger partial charge in [0.2, 0.25) is 5.79 Å². The van der Waals surface area contributed by atoms with Crippen molar-refractivity contribution in [2.24, 2.45) is 0 Å². The maximum atomic E-state index is 12.5. The minimum absolute atomic E-state index is 0.261. The van der Waals surface area contributed by atoms with Crippen LogP contribution in [0.25, 0.3) is 0 Å². The highest BCUT2D eigenvalue weighted by Gasteiger charge is 2.56. The standard InChI is InChI=1S/C29H52O6/c1-3-5-7-9-10-11-12-13-14-15-16-17-18-19-20-22-26(31)35-29(23-21-8-6-4-2)28(33)27(32)25(24-30)34-29/h10-11,13-14,25,27-28,30,32-33H,3-9,12,15-24H2,1-2H3/t25-,27+,28-,29?/m1/s1. The summed E-state index contributed by atoms with van der Waals surface area (Å²) in [7, 11) is 0. The van der Waals surface area contributed by atoms with Crippen molar-refractivity contribution in [1.29, 1.82) is 0 Å². The Hall–Kier alpha value is -1.21. The van der Waals surface area contributed by atoms with E-state index in [2.05, 4.69) is 38.2 Å². The summed E-state index contributed by atoms with van der Waals surface area (Å²) in [5.41, 5.74) is 0. The first-order chi connectivity index (χ1) is 17.0. The summed E-state index contributed by atoms with van der Waals surface area (Å²) in [5, 5.41) is 30.2. The predicted octanol–water partition coefficient (Wildman–Crippen LogP) is 6.12. The Balaban J connectivity index is 2.22. The first kappa shape index (κ1) is 31.8. The Morgan fingerprint density at radius 1 is 0.829 bits per heavy atom. The maximum absolute atomic E-state index is 12.5. The van der Waals surface area contributed by atoms with Crippen molar-refractivity contribution in [2.45, 2.75) is 147 Å². The molecule has 35 heavy (non-hydrogen) atoms. The van der Waals surface area contributed by atoms with Gasteiger partial charge >= 0.3 is 5.97 Å². The highest BCUT2D eigenvalue weighted by Crippen LogP contribution is 2.37. The number of hydrogen-bond acceptors (Lipinski definition) is 6. The fraction of sp³-hybridized carbons (Fsp3) is 0.828. The topological polar surface area (TPSA) is 96.2 Å². The van der Waals surface area contributed by atoms with E-state index in [1.165, 1.54) is 25.7 Å². The third-order valence-corrected chi connectivity index (χ3v) is 6.68. The molecule has 0 radical (unpaired) electrons. The van der Waals surface area contributed by atoms with Gasteiger partial charge < -0.3 is 24.8 Å². The van der Waals surface area contributed by atoms with Gasteiger partial charge in [0, 0.05) is 12.8 Å². The number of ether oxygens (including phenoxy) is 2. The van der Waals surface area contributed by atoms with E-state index < -0.39 is 36.7 Å². The molecule has 0 aromatic heterocycles. The van der Waals surface area contributed by atoms with Crippen LogP contribution in [0.1, 0.15) is 123 Å². The largest absolute Gasteiger partial charge is 0.430 e. The molecule has 1 aliphatic heterocycles. The molecule has 0 aromatic carbocycles.